The number of fused-ring (bicyclic) bond motifs is 2. The Bertz CT molecular complexity index is 1280. The summed E-state index contributed by atoms with van der Waals surface area (Å²) in [5.41, 5.74) is 7.83. The molecule has 4 nitrogen and oxygen atoms in total. The number of benzene rings is 4. The Kier molecular flexibility index (Phi) is 6.85. The number of ether oxygens (including phenoxy) is 2. The smallest absolute Gasteiger partial charge is 0.148 e. The minimum absolute atomic E-state index is 0. The number of hydrogen-bond acceptors (Lipinski definition) is 4. The molecule has 174 valence electrons. The zero-order valence-electron chi connectivity index (χ0n) is 19.9. The first-order valence-electron chi connectivity index (χ1n) is 11.1. The van der Waals surface area contributed by atoms with Crippen molar-refractivity contribution in [3.63, 3.8) is 0 Å². The van der Waals surface area contributed by atoms with Crippen molar-refractivity contribution in [2.24, 2.45) is 0 Å². The van der Waals surface area contributed by atoms with Gasteiger partial charge in [0.05, 0.1) is 31.3 Å². The molecule has 0 aliphatic carbocycles. The maximum absolute atomic E-state index is 6.12. The van der Waals surface area contributed by atoms with E-state index in [1.54, 1.807) is 14.2 Å². The minimum atomic E-state index is -0.0397. The van der Waals surface area contributed by atoms with Crippen molar-refractivity contribution in [1.29, 1.82) is 0 Å². The Hall–Kier alpha value is -3.44. The van der Waals surface area contributed by atoms with Gasteiger partial charge in [0.1, 0.15) is 11.5 Å². The van der Waals surface area contributed by atoms with Gasteiger partial charge in [0, 0.05) is 36.8 Å². The van der Waals surface area contributed by atoms with Gasteiger partial charge < -0.3 is 19.3 Å². The topological polar surface area (TPSA) is 24.9 Å². The molecule has 0 bridgehead atoms. The summed E-state index contributed by atoms with van der Waals surface area (Å²) >= 11 is 0. The second kappa shape index (κ2) is 9.82. The number of anilines is 4. The molecular formula is C29H29BrN2O2. The van der Waals surface area contributed by atoms with Crippen LogP contribution in [0.2, 0.25) is 0 Å². The summed E-state index contributed by atoms with van der Waals surface area (Å²) < 4.78 is 12.1. The minimum Gasteiger partial charge on any atom is -0.496 e. The van der Waals surface area contributed by atoms with Crippen molar-refractivity contribution in [3.05, 3.63) is 108 Å². The Balaban J connectivity index is 0.00000274. The zero-order chi connectivity index (χ0) is 22.9. The fourth-order valence-corrected chi connectivity index (χ4v) is 4.92. The fourth-order valence-electron chi connectivity index (χ4n) is 4.92. The average Bonchev–Trinajstić information content (AvgIpc) is 2.87. The van der Waals surface area contributed by atoms with Crippen molar-refractivity contribution >= 4 is 39.7 Å². The Morgan fingerprint density at radius 1 is 0.676 bits per heavy atom. The van der Waals surface area contributed by atoms with Gasteiger partial charge in [0.25, 0.3) is 0 Å². The van der Waals surface area contributed by atoms with Crippen molar-refractivity contribution in [3.8, 4) is 11.5 Å². The molecule has 0 saturated heterocycles. The largest absolute Gasteiger partial charge is 0.496 e. The van der Waals surface area contributed by atoms with E-state index in [0.29, 0.717) is 0 Å². The van der Waals surface area contributed by atoms with E-state index in [1.165, 1.54) is 5.56 Å². The summed E-state index contributed by atoms with van der Waals surface area (Å²) in [7, 11) is 7.60. The van der Waals surface area contributed by atoms with Gasteiger partial charge >= 0.3 is 0 Å². The number of nitrogens with zero attached hydrogens (tertiary/aromatic N) is 2. The molecule has 0 fully saturated rings. The Labute approximate surface area is 212 Å². The van der Waals surface area contributed by atoms with Gasteiger partial charge in [-0.2, -0.15) is 0 Å². The van der Waals surface area contributed by atoms with Gasteiger partial charge in [0.2, 0.25) is 0 Å². The quantitative estimate of drug-likeness (QED) is 0.244. The normalized spacial score (nSPS) is 13.9. The lowest BCUT2D eigenvalue weighted by molar-refractivity contribution is 0.402. The zero-order valence-corrected chi connectivity index (χ0v) is 21.6. The highest BCUT2D eigenvalue weighted by Crippen LogP contribution is 2.57. The van der Waals surface area contributed by atoms with Gasteiger partial charge in [-0.25, -0.2) is 0 Å². The van der Waals surface area contributed by atoms with Crippen LogP contribution in [0.4, 0.5) is 22.7 Å². The van der Waals surface area contributed by atoms with Crippen molar-refractivity contribution in [2.45, 2.75) is 5.92 Å². The van der Waals surface area contributed by atoms with E-state index in [1.807, 2.05) is 26.2 Å². The van der Waals surface area contributed by atoms with Gasteiger partial charge in [-0.05, 0) is 42.0 Å². The fraction of sp³-hybridized carbons (Fsp3) is 0.172. The van der Waals surface area contributed by atoms with Crippen molar-refractivity contribution < 1.29 is 9.47 Å². The number of para-hydroxylation sites is 1. The molecule has 34 heavy (non-hydrogen) atoms. The van der Waals surface area contributed by atoms with Gasteiger partial charge in [-0.15, -0.1) is 17.0 Å². The first kappa shape index (κ1) is 23.7. The molecular weight excluding hydrogens is 488 g/mol. The molecule has 1 aliphatic heterocycles. The molecule has 5 heteroatoms. The molecule has 1 unspecified atom stereocenters. The molecule has 0 amide bonds. The molecule has 1 aliphatic rings. The Morgan fingerprint density at radius 2 is 1.32 bits per heavy atom. The van der Waals surface area contributed by atoms with E-state index in [-0.39, 0.29) is 22.9 Å². The third-order valence-corrected chi connectivity index (χ3v) is 6.31. The van der Waals surface area contributed by atoms with Crippen LogP contribution in [-0.2, 0) is 0 Å². The van der Waals surface area contributed by atoms with E-state index in [9.17, 15) is 0 Å². The van der Waals surface area contributed by atoms with E-state index >= 15 is 0 Å². The van der Waals surface area contributed by atoms with Crippen molar-refractivity contribution in [2.75, 3.05) is 38.1 Å². The number of halogens is 1. The monoisotopic (exact) mass is 516 g/mol. The van der Waals surface area contributed by atoms with Crippen LogP contribution in [0.25, 0.3) is 0 Å². The standard InChI is InChI=1S/C29H28N2O2.BrH/c1-30(2)24-19-18-23-28(29(24)33-4)26(20-12-7-5-8-13-20)27-22(16-11-17-25(27)32-3)31(23)21-14-9-6-10-15-21;/h5-19,26H,1-4H3;1H. The lowest BCUT2D eigenvalue weighted by Crippen LogP contribution is -2.24. The highest BCUT2D eigenvalue weighted by Gasteiger charge is 2.38. The van der Waals surface area contributed by atoms with Crippen LogP contribution in [-0.4, -0.2) is 28.3 Å². The summed E-state index contributed by atoms with van der Waals surface area (Å²) in [6.45, 7) is 0. The average molecular weight is 517 g/mol. The summed E-state index contributed by atoms with van der Waals surface area (Å²) in [6, 6.07) is 31.7. The molecule has 0 saturated carbocycles. The third-order valence-electron chi connectivity index (χ3n) is 6.31. The first-order chi connectivity index (χ1) is 16.2. The van der Waals surface area contributed by atoms with E-state index in [4.69, 9.17) is 9.47 Å². The molecule has 4 aromatic rings. The molecule has 0 N–H and O–H groups in total. The van der Waals surface area contributed by atoms with Crippen LogP contribution >= 0.6 is 17.0 Å². The molecule has 0 radical (unpaired) electrons. The molecule has 4 aromatic carbocycles. The molecule has 1 heterocycles. The summed E-state index contributed by atoms with van der Waals surface area (Å²) in [5, 5.41) is 0. The summed E-state index contributed by atoms with van der Waals surface area (Å²) in [5.74, 6) is 1.70. The van der Waals surface area contributed by atoms with Crippen LogP contribution in [0.15, 0.2) is 91.0 Å². The van der Waals surface area contributed by atoms with Crippen LogP contribution in [0.1, 0.15) is 22.6 Å². The van der Waals surface area contributed by atoms with Crippen LogP contribution in [0.5, 0.6) is 11.5 Å². The lowest BCUT2D eigenvalue weighted by atomic mass is 9.78. The lowest BCUT2D eigenvalue weighted by Gasteiger charge is -2.40. The number of methoxy groups -OCH3 is 2. The second-order valence-corrected chi connectivity index (χ2v) is 8.35. The van der Waals surface area contributed by atoms with Crippen LogP contribution < -0.4 is 19.3 Å². The maximum Gasteiger partial charge on any atom is 0.148 e. The van der Waals surface area contributed by atoms with E-state index in [0.717, 1.165) is 45.4 Å². The second-order valence-electron chi connectivity index (χ2n) is 8.35. The molecule has 1 atom stereocenters. The SMILES string of the molecule is Br.COc1cccc2c1C(c1ccccc1)c1c(ccc(N(C)C)c1OC)N2c1ccccc1. The molecule has 5 rings (SSSR count). The van der Waals surface area contributed by atoms with Gasteiger partial charge in [-0.1, -0.05) is 54.6 Å². The first-order valence-corrected chi connectivity index (χ1v) is 11.1. The van der Waals surface area contributed by atoms with E-state index in [2.05, 4.69) is 88.7 Å². The van der Waals surface area contributed by atoms with Crippen molar-refractivity contribution in [1.82, 2.24) is 0 Å². The maximum atomic E-state index is 6.12. The van der Waals surface area contributed by atoms with Gasteiger partial charge in [0.15, 0.2) is 0 Å². The van der Waals surface area contributed by atoms with Crippen LogP contribution in [0.3, 0.4) is 0 Å². The van der Waals surface area contributed by atoms with Crippen LogP contribution in [0, 0.1) is 0 Å². The molecule has 0 aromatic heterocycles. The summed E-state index contributed by atoms with van der Waals surface area (Å²) in [6.07, 6.45) is 0. The predicted molar refractivity (Wildman–Crippen MR) is 146 cm³/mol. The number of hydrogen-bond donors (Lipinski definition) is 0. The molecule has 0 spiro atoms. The number of rotatable bonds is 5. The summed E-state index contributed by atoms with van der Waals surface area (Å²) in [4.78, 5) is 4.42. The highest BCUT2D eigenvalue weighted by atomic mass is 79.9. The van der Waals surface area contributed by atoms with E-state index < -0.39 is 0 Å². The van der Waals surface area contributed by atoms with Gasteiger partial charge in [-0.3, -0.25) is 0 Å². The Morgan fingerprint density at radius 3 is 1.94 bits per heavy atom. The third kappa shape index (κ3) is 3.80. The highest BCUT2D eigenvalue weighted by molar-refractivity contribution is 8.93. The predicted octanol–water partition coefficient (Wildman–Crippen LogP) is 7.31.